The number of imidazole rings is 1. The number of fused-ring (bicyclic) bond motifs is 1. The summed E-state index contributed by atoms with van der Waals surface area (Å²) in [5.41, 5.74) is 4.44. The van der Waals surface area contributed by atoms with Crippen molar-refractivity contribution in [2.24, 2.45) is 0 Å². The molecule has 1 aromatic heterocycles. The van der Waals surface area contributed by atoms with Crippen LogP contribution < -0.4 is 0 Å². The zero-order valence-corrected chi connectivity index (χ0v) is 12.2. The molecular weight excluding hydrogens is 270 g/mol. The van der Waals surface area contributed by atoms with Crippen molar-refractivity contribution in [1.82, 2.24) is 9.97 Å². The van der Waals surface area contributed by atoms with Gasteiger partial charge in [0, 0.05) is 0 Å². The predicted molar refractivity (Wildman–Crippen MR) is 89.8 cm³/mol. The molecule has 3 rings (SSSR count). The van der Waals surface area contributed by atoms with Gasteiger partial charge in [0.25, 0.3) is 0 Å². The molecule has 3 heteroatoms. The lowest BCUT2D eigenvalue weighted by Gasteiger charge is -1.97. The van der Waals surface area contributed by atoms with E-state index in [1.165, 1.54) is 0 Å². The summed E-state index contributed by atoms with van der Waals surface area (Å²) in [4.78, 5) is 7.66. The minimum Gasteiger partial charge on any atom is -0.337 e. The van der Waals surface area contributed by atoms with Crippen LogP contribution in [0.25, 0.3) is 22.7 Å². The fourth-order valence-corrected chi connectivity index (χ4v) is 2.32. The Labute approximate surface area is 129 Å². The Hall–Kier alpha value is -3.12. The maximum atomic E-state index is 9.41. The van der Waals surface area contributed by atoms with Gasteiger partial charge in [-0.15, -0.1) is 0 Å². The third kappa shape index (κ3) is 2.97. The molecule has 1 N–H and O–H groups in total. The lowest BCUT2D eigenvalue weighted by atomic mass is 10.1. The Morgan fingerprint density at radius 1 is 1.09 bits per heavy atom. The number of nitrogens with zero attached hydrogens (tertiary/aromatic N) is 2. The van der Waals surface area contributed by atoms with Gasteiger partial charge in [-0.2, -0.15) is 5.26 Å². The average Bonchev–Trinajstić information content (AvgIpc) is 2.97. The number of rotatable bonds is 3. The normalized spacial score (nSPS) is 12.4. The third-order valence-electron chi connectivity index (χ3n) is 3.33. The Morgan fingerprint density at radius 3 is 2.55 bits per heavy atom. The van der Waals surface area contributed by atoms with Crippen molar-refractivity contribution in [2.45, 2.75) is 6.92 Å². The molecule has 106 valence electrons. The molecule has 0 aliphatic heterocycles. The first-order valence-electron chi connectivity index (χ1n) is 7.06. The van der Waals surface area contributed by atoms with Crippen molar-refractivity contribution in [3.8, 4) is 6.07 Å². The van der Waals surface area contributed by atoms with Crippen LogP contribution in [-0.2, 0) is 0 Å². The van der Waals surface area contributed by atoms with Gasteiger partial charge in [-0.1, -0.05) is 48.5 Å². The van der Waals surface area contributed by atoms with Gasteiger partial charge >= 0.3 is 0 Å². The summed E-state index contributed by atoms with van der Waals surface area (Å²) in [6.45, 7) is 1.98. The summed E-state index contributed by atoms with van der Waals surface area (Å²) < 4.78 is 0. The third-order valence-corrected chi connectivity index (χ3v) is 3.33. The van der Waals surface area contributed by atoms with Gasteiger partial charge in [0.2, 0.25) is 0 Å². The van der Waals surface area contributed by atoms with Crippen molar-refractivity contribution in [1.29, 1.82) is 5.26 Å². The fourth-order valence-electron chi connectivity index (χ4n) is 2.32. The van der Waals surface area contributed by atoms with Gasteiger partial charge < -0.3 is 4.98 Å². The van der Waals surface area contributed by atoms with Gasteiger partial charge in [-0.25, -0.2) is 4.98 Å². The number of benzene rings is 2. The molecule has 22 heavy (non-hydrogen) atoms. The first-order chi connectivity index (χ1) is 10.8. The van der Waals surface area contributed by atoms with Gasteiger partial charge in [0.05, 0.1) is 16.6 Å². The fraction of sp³-hybridized carbons (Fsp3) is 0.0526. The van der Waals surface area contributed by atoms with Gasteiger partial charge in [-0.05, 0) is 36.3 Å². The summed E-state index contributed by atoms with van der Waals surface area (Å²) in [6.07, 6.45) is 3.89. The van der Waals surface area contributed by atoms with Crippen molar-refractivity contribution in [3.63, 3.8) is 0 Å². The lowest BCUT2D eigenvalue weighted by molar-refractivity contribution is 1.27. The maximum Gasteiger partial charge on any atom is 0.149 e. The molecule has 0 fully saturated rings. The number of aromatic amines is 1. The number of nitriles is 1. The Balaban J connectivity index is 1.96. The average molecular weight is 285 g/mol. The molecule has 0 unspecified atom stereocenters. The van der Waals surface area contributed by atoms with Crippen LogP contribution in [-0.4, -0.2) is 9.97 Å². The molecule has 0 aliphatic carbocycles. The van der Waals surface area contributed by atoms with Crippen LogP contribution >= 0.6 is 0 Å². The standard InChI is InChI=1S/C19H15N3/c1-14(11-15-7-3-2-4-8-15)12-16(13-20)19-21-17-9-5-6-10-18(17)22-19/h2-12H,1H3,(H,21,22)/b14-11-,16-12+. The molecule has 0 saturated carbocycles. The maximum absolute atomic E-state index is 9.41. The number of para-hydroxylation sites is 2. The molecule has 0 atom stereocenters. The van der Waals surface area contributed by atoms with Crippen LogP contribution in [0.5, 0.6) is 0 Å². The highest BCUT2D eigenvalue weighted by atomic mass is 14.9. The van der Waals surface area contributed by atoms with E-state index in [0.29, 0.717) is 11.4 Å². The van der Waals surface area contributed by atoms with E-state index in [4.69, 9.17) is 0 Å². The molecule has 2 aromatic carbocycles. The number of hydrogen-bond donors (Lipinski definition) is 1. The molecule has 1 heterocycles. The van der Waals surface area contributed by atoms with Crippen LogP contribution in [0.4, 0.5) is 0 Å². The predicted octanol–water partition coefficient (Wildman–Crippen LogP) is 4.57. The SMILES string of the molecule is CC(=C/c1ccccc1)/C=C(\C#N)c1nc2ccccc2[nH]1. The minimum absolute atomic E-state index is 0.529. The molecule has 0 amide bonds. The minimum atomic E-state index is 0.529. The first-order valence-corrected chi connectivity index (χ1v) is 7.06. The molecule has 0 aliphatic rings. The molecular formula is C19H15N3. The topological polar surface area (TPSA) is 52.5 Å². The number of nitrogens with one attached hydrogen (secondary N) is 1. The van der Waals surface area contributed by atoms with Gasteiger partial charge in [0.1, 0.15) is 11.9 Å². The summed E-state index contributed by atoms with van der Waals surface area (Å²) >= 11 is 0. The van der Waals surface area contributed by atoms with E-state index in [9.17, 15) is 5.26 Å². The Morgan fingerprint density at radius 2 is 1.82 bits per heavy atom. The molecule has 0 radical (unpaired) electrons. The van der Waals surface area contributed by atoms with E-state index >= 15 is 0 Å². The molecule has 0 spiro atoms. The number of allylic oxidation sites excluding steroid dienone is 3. The molecule has 3 nitrogen and oxygen atoms in total. The first kappa shape index (κ1) is 13.8. The zero-order chi connectivity index (χ0) is 15.4. The van der Waals surface area contributed by atoms with E-state index < -0.39 is 0 Å². The second-order valence-corrected chi connectivity index (χ2v) is 5.07. The van der Waals surface area contributed by atoms with E-state index in [2.05, 4.69) is 16.0 Å². The quantitative estimate of drug-likeness (QED) is 0.566. The highest BCUT2D eigenvalue weighted by Crippen LogP contribution is 2.18. The summed E-state index contributed by atoms with van der Waals surface area (Å²) in [6, 6.07) is 20.0. The van der Waals surface area contributed by atoms with Crippen molar-refractivity contribution < 1.29 is 0 Å². The number of aromatic nitrogens is 2. The van der Waals surface area contributed by atoms with E-state index in [-0.39, 0.29) is 0 Å². The van der Waals surface area contributed by atoms with Crippen molar-refractivity contribution in [3.05, 3.63) is 77.6 Å². The highest BCUT2D eigenvalue weighted by Gasteiger charge is 2.07. The molecule has 0 bridgehead atoms. The Kier molecular flexibility index (Phi) is 3.84. The monoisotopic (exact) mass is 285 g/mol. The Bertz CT molecular complexity index is 860. The van der Waals surface area contributed by atoms with Gasteiger partial charge in [0.15, 0.2) is 0 Å². The summed E-state index contributed by atoms with van der Waals surface area (Å²) in [7, 11) is 0. The van der Waals surface area contributed by atoms with Crippen LogP contribution in [0, 0.1) is 11.3 Å². The highest BCUT2D eigenvalue weighted by molar-refractivity contribution is 5.83. The summed E-state index contributed by atoms with van der Waals surface area (Å²) in [5, 5.41) is 9.41. The van der Waals surface area contributed by atoms with Gasteiger partial charge in [-0.3, -0.25) is 0 Å². The van der Waals surface area contributed by atoms with Crippen LogP contribution in [0.1, 0.15) is 18.3 Å². The smallest absolute Gasteiger partial charge is 0.149 e. The largest absolute Gasteiger partial charge is 0.337 e. The van der Waals surface area contributed by atoms with Crippen molar-refractivity contribution >= 4 is 22.7 Å². The number of hydrogen-bond acceptors (Lipinski definition) is 2. The van der Waals surface area contributed by atoms with Crippen LogP contribution in [0.3, 0.4) is 0 Å². The van der Waals surface area contributed by atoms with Crippen LogP contribution in [0.15, 0.2) is 66.2 Å². The molecule has 3 aromatic rings. The molecule has 0 saturated heterocycles. The number of H-pyrrole nitrogens is 1. The van der Waals surface area contributed by atoms with E-state index in [0.717, 1.165) is 22.2 Å². The zero-order valence-electron chi connectivity index (χ0n) is 12.2. The second kappa shape index (κ2) is 6.11. The van der Waals surface area contributed by atoms with E-state index in [1.807, 2.05) is 73.7 Å². The van der Waals surface area contributed by atoms with E-state index in [1.54, 1.807) is 0 Å². The van der Waals surface area contributed by atoms with Crippen molar-refractivity contribution in [2.75, 3.05) is 0 Å². The second-order valence-electron chi connectivity index (χ2n) is 5.07. The summed E-state index contributed by atoms with van der Waals surface area (Å²) in [5.74, 6) is 0.601. The lowest BCUT2D eigenvalue weighted by Crippen LogP contribution is -1.85. The van der Waals surface area contributed by atoms with Crippen LogP contribution in [0.2, 0.25) is 0 Å².